The maximum atomic E-state index is 3.73. The first-order valence-corrected chi connectivity index (χ1v) is 7.09. The minimum Gasteiger partial charge on any atom is -0.382 e. The number of hydrogen-bond acceptors (Lipinski definition) is 1. The number of hydrogen-bond donors (Lipinski definition) is 1. The van der Waals surface area contributed by atoms with E-state index in [-0.39, 0.29) is 0 Å². The van der Waals surface area contributed by atoms with E-state index < -0.39 is 0 Å². The Bertz CT molecular complexity index is 521. The zero-order valence-corrected chi connectivity index (χ0v) is 11.0. The third kappa shape index (κ3) is 2.22. The second kappa shape index (κ2) is 5.01. The molecule has 3 rings (SSSR count). The highest BCUT2D eigenvalue weighted by Gasteiger charge is 2.21. The molecule has 0 saturated heterocycles. The summed E-state index contributed by atoms with van der Waals surface area (Å²) < 4.78 is 0. The molecule has 1 saturated carbocycles. The molecule has 1 atom stereocenters. The maximum absolute atomic E-state index is 3.73. The van der Waals surface area contributed by atoms with Gasteiger partial charge < -0.3 is 5.32 Å². The van der Waals surface area contributed by atoms with Crippen molar-refractivity contribution in [2.45, 2.75) is 38.6 Å². The van der Waals surface area contributed by atoms with Crippen molar-refractivity contribution >= 4 is 16.5 Å². The van der Waals surface area contributed by atoms with Gasteiger partial charge in [0.25, 0.3) is 0 Å². The molecule has 1 aliphatic rings. The molecular formula is C17H21N. The largest absolute Gasteiger partial charge is 0.382 e. The van der Waals surface area contributed by atoms with Gasteiger partial charge in [-0.1, -0.05) is 49.2 Å². The lowest BCUT2D eigenvalue weighted by atomic mass is 9.99. The van der Waals surface area contributed by atoms with E-state index in [9.17, 15) is 0 Å². The Morgan fingerprint density at radius 2 is 1.72 bits per heavy atom. The highest BCUT2D eigenvalue weighted by Crippen LogP contribution is 2.31. The van der Waals surface area contributed by atoms with Gasteiger partial charge in [-0.2, -0.15) is 0 Å². The molecule has 2 aromatic carbocycles. The first kappa shape index (κ1) is 11.6. The summed E-state index contributed by atoms with van der Waals surface area (Å²) in [6.45, 7) is 2.33. The molecule has 0 aromatic heterocycles. The predicted octanol–water partition coefficient (Wildman–Crippen LogP) is 4.83. The first-order valence-electron chi connectivity index (χ1n) is 7.09. The Morgan fingerprint density at radius 1 is 1.00 bits per heavy atom. The van der Waals surface area contributed by atoms with E-state index in [1.807, 2.05) is 0 Å². The van der Waals surface area contributed by atoms with Crippen LogP contribution in [0.25, 0.3) is 10.8 Å². The Labute approximate surface area is 109 Å². The van der Waals surface area contributed by atoms with Crippen LogP contribution in [-0.2, 0) is 0 Å². The third-order valence-corrected chi connectivity index (χ3v) is 4.28. The molecule has 0 bridgehead atoms. The first-order chi connectivity index (χ1) is 8.84. The summed E-state index contributed by atoms with van der Waals surface area (Å²) >= 11 is 0. The molecule has 1 unspecified atom stereocenters. The summed E-state index contributed by atoms with van der Waals surface area (Å²) in [6.07, 6.45) is 5.59. The van der Waals surface area contributed by atoms with Crippen LogP contribution in [0.1, 0.15) is 32.6 Å². The fraction of sp³-hybridized carbons (Fsp3) is 0.412. The van der Waals surface area contributed by atoms with E-state index in [0.29, 0.717) is 6.04 Å². The molecule has 1 heteroatoms. The van der Waals surface area contributed by atoms with Crippen molar-refractivity contribution in [3.63, 3.8) is 0 Å². The maximum Gasteiger partial charge on any atom is 0.0422 e. The number of rotatable bonds is 3. The zero-order valence-electron chi connectivity index (χ0n) is 11.0. The van der Waals surface area contributed by atoms with Crippen LogP contribution < -0.4 is 5.32 Å². The summed E-state index contributed by atoms with van der Waals surface area (Å²) in [4.78, 5) is 0. The van der Waals surface area contributed by atoms with Gasteiger partial charge >= 0.3 is 0 Å². The van der Waals surface area contributed by atoms with Crippen LogP contribution in [0.5, 0.6) is 0 Å². The molecule has 0 heterocycles. The average Bonchev–Trinajstić information content (AvgIpc) is 2.93. The second-order valence-electron chi connectivity index (χ2n) is 5.50. The molecule has 1 nitrogen and oxygen atoms in total. The summed E-state index contributed by atoms with van der Waals surface area (Å²) in [5.74, 6) is 0.851. The fourth-order valence-electron chi connectivity index (χ4n) is 3.17. The van der Waals surface area contributed by atoms with Gasteiger partial charge in [0.05, 0.1) is 0 Å². The van der Waals surface area contributed by atoms with Crippen LogP contribution in [-0.4, -0.2) is 6.04 Å². The van der Waals surface area contributed by atoms with Crippen LogP contribution in [0.3, 0.4) is 0 Å². The fourth-order valence-corrected chi connectivity index (χ4v) is 3.17. The van der Waals surface area contributed by atoms with Crippen LogP contribution in [0.15, 0.2) is 42.5 Å². The van der Waals surface area contributed by atoms with Crippen LogP contribution >= 0.6 is 0 Å². The van der Waals surface area contributed by atoms with Crippen LogP contribution in [0.2, 0.25) is 0 Å². The van der Waals surface area contributed by atoms with Crippen molar-refractivity contribution in [3.8, 4) is 0 Å². The van der Waals surface area contributed by atoms with Gasteiger partial charge in [0, 0.05) is 17.1 Å². The van der Waals surface area contributed by atoms with Crippen molar-refractivity contribution in [2.75, 3.05) is 5.32 Å². The predicted molar refractivity (Wildman–Crippen MR) is 79.0 cm³/mol. The highest BCUT2D eigenvalue weighted by molar-refractivity contribution is 5.93. The van der Waals surface area contributed by atoms with Crippen molar-refractivity contribution in [1.82, 2.24) is 0 Å². The van der Waals surface area contributed by atoms with E-state index >= 15 is 0 Å². The lowest BCUT2D eigenvalue weighted by molar-refractivity contribution is 0.482. The quantitative estimate of drug-likeness (QED) is 0.809. The highest BCUT2D eigenvalue weighted by atomic mass is 14.9. The minimum atomic E-state index is 0.582. The smallest absolute Gasteiger partial charge is 0.0422 e. The molecule has 94 valence electrons. The van der Waals surface area contributed by atoms with Crippen molar-refractivity contribution in [3.05, 3.63) is 42.5 Å². The Hall–Kier alpha value is -1.50. The van der Waals surface area contributed by atoms with Gasteiger partial charge in [0.1, 0.15) is 0 Å². The molecule has 0 spiro atoms. The molecule has 1 N–H and O–H groups in total. The summed E-state index contributed by atoms with van der Waals surface area (Å²) in [5, 5.41) is 6.39. The van der Waals surface area contributed by atoms with Crippen molar-refractivity contribution in [2.24, 2.45) is 5.92 Å². The number of benzene rings is 2. The Morgan fingerprint density at radius 3 is 2.56 bits per heavy atom. The summed E-state index contributed by atoms with van der Waals surface area (Å²) in [6, 6.07) is 15.7. The summed E-state index contributed by atoms with van der Waals surface area (Å²) in [7, 11) is 0. The van der Waals surface area contributed by atoms with Gasteiger partial charge in [-0.15, -0.1) is 0 Å². The molecule has 1 aliphatic carbocycles. The topological polar surface area (TPSA) is 12.0 Å². The minimum absolute atomic E-state index is 0.582. The van der Waals surface area contributed by atoms with Crippen LogP contribution in [0.4, 0.5) is 5.69 Å². The van der Waals surface area contributed by atoms with E-state index in [1.54, 1.807) is 0 Å². The molecular weight excluding hydrogens is 218 g/mol. The number of fused-ring (bicyclic) bond motifs is 1. The SMILES string of the molecule is CC(Nc1cccc2ccccc12)C1CCCC1. The van der Waals surface area contributed by atoms with Gasteiger partial charge in [-0.05, 0) is 37.1 Å². The van der Waals surface area contributed by atoms with E-state index in [1.165, 1.54) is 42.1 Å². The number of nitrogens with one attached hydrogen (secondary N) is 1. The Balaban J connectivity index is 1.85. The normalized spacial score (nSPS) is 18.1. The van der Waals surface area contributed by atoms with Crippen molar-refractivity contribution in [1.29, 1.82) is 0 Å². The molecule has 0 aliphatic heterocycles. The monoisotopic (exact) mass is 239 g/mol. The van der Waals surface area contributed by atoms with E-state index in [0.717, 1.165) is 5.92 Å². The molecule has 0 radical (unpaired) electrons. The average molecular weight is 239 g/mol. The standard InChI is InChI=1S/C17H21N/c1-13(14-7-2-3-8-14)18-17-12-6-10-15-9-4-5-11-16(15)17/h4-6,9-14,18H,2-3,7-8H2,1H3. The van der Waals surface area contributed by atoms with Gasteiger partial charge in [-0.3, -0.25) is 0 Å². The molecule has 1 fully saturated rings. The molecule has 0 amide bonds. The second-order valence-corrected chi connectivity index (χ2v) is 5.50. The van der Waals surface area contributed by atoms with Gasteiger partial charge in [-0.25, -0.2) is 0 Å². The van der Waals surface area contributed by atoms with Gasteiger partial charge in [0.2, 0.25) is 0 Å². The zero-order chi connectivity index (χ0) is 12.4. The Kier molecular flexibility index (Phi) is 3.22. The van der Waals surface area contributed by atoms with E-state index in [4.69, 9.17) is 0 Å². The lowest BCUT2D eigenvalue weighted by Crippen LogP contribution is -2.23. The number of anilines is 1. The lowest BCUT2D eigenvalue weighted by Gasteiger charge is -2.22. The molecule has 2 aromatic rings. The third-order valence-electron chi connectivity index (χ3n) is 4.28. The van der Waals surface area contributed by atoms with E-state index in [2.05, 4.69) is 54.7 Å². The molecule has 18 heavy (non-hydrogen) atoms. The van der Waals surface area contributed by atoms with Crippen LogP contribution in [0, 0.1) is 5.92 Å². The van der Waals surface area contributed by atoms with Gasteiger partial charge in [0.15, 0.2) is 0 Å². The summed E-state index contributed by atoms with van der Waals surface area (Å²) in [5.41, 5.74) is 1.28. The van der Waals surface area contributed by atoms with Crippen molar-refractivity contribution < 1.29 is 0 Å².